The minimum atomic E-state index is -0.173. The largest absolute Gasteiger partial charge is 0.497 e. The van der Waals surface area contributed by atoms with Gasteiger partial charge in [-0.2, -0.15) is 0 Å². The summed E-state index contributed by atoms with van der Waals surface area (Å²) in [7, 11) is 1.71. The van der Waals surface area contributed by atoms with Crippen molar-refractivity contribution in [3.05, 3.63) is 95.6 Å². The van der Waals surface area contributed by atoms with Gasteiger partial charge in [0.15, 0.2) is 0 Å². The summed E-state index contributed by atoms with van der Waals surface area (Å²) in [6.45, 7) is 4.69. The third-order valence-corrected chi connectivity index (χ3v) is 7.30. The van der Waals surface area contributed by atoms with Crippen LogP contribution in [0, 0.1) is 0 Å². The smallest absolute Gasteiger partial charge is 0.119 e. The highest BCUT2D eigenvalue weighted by molar-refractivity contribution is 5.94. The van der Waals surface area contributed by atoms with Gasteiger partial charge in [0.2, 0.25) is 0 Å². The van der Waals surface area contributed by atoms with E-state index >= 15 is 0 Å². The minimum absolute atomic E-state index is 0.173. The highest BCUT2D eigenvalue weighted by Gasteiger charge is 2.26. The zero-order valence-corrected chi connectivity index (χ0v) is 20.2. The van der Waals surface area contributed by atoms with Gasteiger partial charge in [-0.1, -0.05) is 54.6 Å². The van der Waals surface area contributed by atoms with Gasteiger partial charge >= 0.3 is 0 Å². The number of rotatable bonds is 6. The Hall–Kier alpha value is -3.34. The van der Waals surface area contributed by atoms with Crippen LogP contribution in [0.5, 0.6) is 11.5 Å². The predicted molar refractivity (Wildman–Crippen MR) is 140 cm³/mol. The Morgan fingerprint density at radius 3 is 2.49 bits per heavy atom. The molecule has 4 aromatic rings. The fourth-order valence-electron chi connectivity index (χ4n) is 5.44. The first kappa shape index (κ1) is 22.1. The Morgan fingerprint density at radius 1 is 0.857 bits per heavy atom. The highest BCUT2D eigenvalue weighted by atomic mass is 16.5. The molecule has 178 valence electrons. The van der Waals surface area contributed by atoms with Crippen LogP contribution in [0.1, 0.15) is 35.6 Å². The second kappa shape index (κ2) is 9.73. The van der Waals surface area contributed by atoms with Crippen LogP contribution < -0.4 is 9.47 Å². The van der Waals surface area contributed by atoms with Crippen molar-refractivity contribution >= 4 is 10.8 Å². The Morgan fingerprint density at radius 2 is 1.66 bits per heavy atom. The molecule has 1 atom stereocenters. The number of ether oxygens (including phenoxy) is 3. The summed E-state index contributed by atoms with van der Waals surface area (Å²) in [5.41, 5.74) is 6.02. The predicted octanol–water partition coefficient (Wildman–Crippen LogP) is 6.61. The standard InChI is InChI=1S/C31H31NO3/c1-33-26-13-15-28-23(20-26)10-14-29-27-7-3-2-6-24(27)21-35-31(30(28)29)22-8-11-25(12-9-22)34-19-18-32-16-4-5-17-32/h2-3,6-15,20,31H,4-5,16-19,21H2,1H3. The number of nitrogens with zero attached hydrogens (tertiary/aromatic N) is 1. The van der Waals surface area contributed by atoms with E-state index in [-0.39, 0.29) is 6.10 Å². The molecule has 0 amide bonds. The summed E-state index contributed by atoms with van der Waals surface area (Å²) in [5, 5.41) is 2.34. The molecule has 6 rings (SSSR count). The van der Waals surface area contributed by atoms with Crippen LogP contribution in [-0.2, 0) is 11.3 Å². The molecule has 0 aliphatic carbocycles. The molecular weight excluding hydrogens is 434 g/mol. The number of likely N-dealkylation sites (tertiary alicyclic amines) is 1. The molecule has 0 spiro atoms. The molecule has 35 heavy (non-hydrogen) atoms. The monoisotopic (exact) mass is 465 g/mol. The van der Waals surface area contributed by atoms with Gasteiger partial charge in [-0.25, -0.2) is 0 Å². The first-order chi connectivity index (χ1) is 17.3. The summed E-state index contributed by atoms with van der Waals surface area (Å²) in [5.74, 6) is 1.77. The van der Waals surface area contributed by atoms with E-state index in [2.05, 4.69) is 77.7 Å². The van der Waals surface area contributed by atoms with Gasteiger partial charge in [0.05, 0.1) is 13.7 Å². The van der Waals surface area contributed by atoms with Crippen molar-refractivity contribution in [2.24, 2.45) is 0 Å². The van der Waals surface area contributed by atoms with Crippen molar-refractivity contribution in [3.8, 4) is 22.6 Å². The molecule has 0 radical (unpaired) electrons. The van der Waals surface area contributed by atoms with Crippen molar-refractivity contribution in [1.82, 2.24) is 4.90 Å². The molecule has 1 fully saturated rings. The van der Waals surface area contributed by atoms with Crippen LogP contribution in [0.2, 0.25) is 0 Å². The molecule has 4 nitrogen and oxygen atoms in total. The summed E-state index contributed by atoms with van der Waals surface area (Å²) in [6, 6.07) is 27.7. The fourth-order valence-corrected chi connectivity index (χ4v) is 5.44. The molecule has 4 aromatic carbocycles. The molecule has 2 aliphatic heterocycles. The second-order valence-corrected chi connectivity index (χ2v) is 9.43. The third kappa shape index (κ3) is 4.40. The van der Waals surface area contributed by atoms with Crippen LogP contribution in [0.25, 0.3) is 21.9 Å². The maximum absolute atomic E-state index is 6.62. The van der Waals surface area contributed by atoms with E-state index in [1.54, 1.807) is 7.11 Å². The minimum Gasteiger partial charge on any atom is -0.497 e. The normalized spacial score (nSPS) is 17.6. The maximum Gasteiger partial charge on any atom is 0.119 e. The molecule has 1 unspecified atom stereocenters. The second-order valence-electron chi connectivity index (χ2n) is 9.43. The van der Waals surface area contributed by atoms with Gasteiger partial charge in [-0.15, -0.1) is 0 Å². The van der Waals surface area contributed by atoms with Crippen LogP contribution in [-0.4, -0.2) is 38.3 Å². The van der Waals surface area contributed by atoms with Crippen molar-refractivity contribution in [2.75, 3.05) is 33.4 Å². The van der Waals surface area contributed by atoms with E-state index in [1.165, 1.54) is 53.6 Å². The zero-order chi connectivity index (χ0) is 23.6. The summed E-state index contributed by atoms with van der Waals surface area (Å²) in [4.78, 5) is 2.47. The molecule has 0 N–H and O–H groups in total. The fraction of sp³-hybridized carbons (Fsp3) is 0.290. The first-order valence-electron chi connectivity index (χ1n) is 12.6. The van der Waals surface area contributed by atoms with Gasteiger partial charge in [0.1, 0.15) is 24.2 Å². The summed E-state index contributed by atoms with van der Waals surface area (Å²) in [6.07, 6.45) is 2.44. The Kier molecular flexibility index (Phi) is 6.15. The first-order valence-corrected chi connectivity index (χ1v) is 12.6. The number of methoxy groups -OCH3 is 1. The number of benzene rings is 4. The van der Waals surface area contributed by atoms with E-state index < -0.39 is 0 Å². The lowest BCUT2D eigenvalue weighted by atomic mass is 9.88. The number of hydrogen-bond acceptors (Lipinski definition) is 4. The SMILES string of the molecule is COc1ccc2c3c(ccc2c1)-c1ccccc1COC3c1ccc(OCCN2CCCC2)cc1. The Labute approximate surface area is 207 Å². The van der Waals surface area contributed by atoms with Crippen molar-refractivity contribution in [1.29, 1.82) is 0 Å². The molecular formula is C31H31NO3. The lowest BCUT2D eigenvalue weighted by Crippen LogP contribution is -2.25. The van der Waals surface area contributed by atoms with E-state index in [9.17, 15) is 0 Å². The van der Waals surface area contributed by atoms with Gasteiger partial charge in [0, 0.05) is 12.1 Å². The quantitative estimate of drug-likeness (QED) is 0.321. The molecule has 0 saturated carbocycles. The van der Waals surface area contributed by atoms with Gasteiger partial charge < -0.3 is 14.2 Å². The Bertz CT molecular complexity index is 1330. The van der Waals surface area contributed by atoms with Crippen LogP contribution >= 0.6 is 0 Å². The van der Waals surface area contributed by atoms with Gasteiger partial charge in [-0.3, -0.25) is 4.90 Å². The average Bonchev–Trinajstić information content (AvgIpc) is 3.37. The lowest BCUT2D eigenvalue weighted by Gasteiger charge is -2.22. The zero-order valence-electron chi connectivity index (χ0n) is 20.2. The van der Waals surface area contributed by atoms with Gasteiger partial charge in [-0.05, 0) is 83.2 Å². The summed E-state index contributed by atoms with van der Waals surface area (Å²) < 4.78 is 18.2. The molecule has 0 bridgehead atoms. The number of fused-ring (bicyclic) bond motifs is 5. The Balaban J connectivity index is 1.35. The molecule has 4 heteroatoms. The van der Waals surface area contributed by atoms with E-state index in [4.69, 9.17) is 14.2 Å². The maximum atomic E-state index is 6.62. The van der Waals surface area contributed by atoms with Gasteiger partial charge in [0.25, 0.3) is 0 Å². The van der Waals surface area contributed by atoms with Crippen molar-refractivity contribution in [3.63, 3.8) is 0 Å². The van der Waals surface area contributed by atoms with Crippen LogP contribution in [0.15, 0.2) is 78.9 Å². The van der Waals surface area contributed by atoms with E-state index in [1.807, 2.05) is 6.07 Å². The molecule has 0 aromatic heterocycles. The average molecular weight is 466 g/mol. The molecule has 2 heterocycles. The van der Waals surface area contributed by atoms with Crippen molar-refractivity contribution in [2.45, 2.75) is 25.6 Å². The highest BCUT2D eigenvalue weighted by Crippen LogP contribution is 2.44. The third-order valence-electron chi connectivity index (χ3n) is 7.30. The van der Waals surface area contributed by atoms with E-state index in [0.717, 1.165) is 35.6 Å². The topological polar surface area (TPSA) is 30.9 Å². The molecule has 1 saturated heterocycles. The summed E-state index contributed by atoms with van der Waals surface area (Å²) >= 11 is 0. The van der Waals surface area contributed by atoms with E-state index in [0.29, 0.717) is 6.61 Å². The molecule has 2 aliphatic rings. The van der Waals surface area contributed by atoms with Crippen LogP contribution in [0.3, 0.4) is 0 Å². The lowest BCUT2D eigenvalue weighted by molar-refractivity contribution is 0.0701. The van der Waals surface area contributed by atoms with Crippen molar-refractivity contribution < 1.29 is 14.2 Å². The van der Waals surface area contributed by atoms with Crippen LogP contribution in [0.4, 0.5) is 0 Å². The number of hydrogen-bond donors (Lipinski definition) is 0.